The molecule has 0 amide bonds. The Balaban J connectivity index is 1.20. The number of fused-ring (bicyclic) bond motifs is 1. The molecule has 0 atom stereocenters. The number of rotatable bonds is 4. The number of aryl methyl sites for hydroxylation is 2. The lowest BCUT2D eigenvalue weighted by molar-refractivity contribution is 0.160. The maximum atomic E-state index is 6.55. The lowest BCUT2D eigenvalue weighted by atomic mass is 9.98. The second-order valence-electron chi connectivity index (χ2n) is 10.0. The van der Waals surface area contributed by atoms with E-state index in [1.54, 1.807) is 0 Å². The molecule has 5 nitrogen and oxygen atoms in total. The Morgan fingerprint density at radius 1 is 0.941 bits per heavy atom. The smallest absolute Gasteiger partial charge is 0.0656 e. The van der Waals surface area contributed by atoms with Crippen LogP contribution in [0.15, 0.2) is 36.4 Å². The molecule has 0 radical (unpaired) electrons. The Morgan fingerprint density at radius 3 is 2.41 bits per heavy atom. The number of hydrogen-bond donors (Lipinski definition) is 2. The number of nitrogen functional groups attached to an aromatic ring is 1. The van der Waals surface area contributed by atoms with Crippen LogP contribution in [0.5, 0.6) is 0 Å². The van der Waals surface area contributed by atoms with Crippen LogP contribution in [0.25, 0.3) is 12.2 Å². The quantitative estimate of drug-likeness (QED) is 0.622. The third-order valence-electron chi connectivity index (χ3n) is 7.78. The van der Waals surface area contributed by atoms with Crippen molar-refractivity contribution in [3.8, 4) is 0 Å². The van der Waals surface area contributed by atoms with Crippen molar-refractivity contribution in [1.29, 1.82) is 0 Å². The predicted octanol–water partition coefficient (Wildman–Crippen LogP) is 5.15. The SMILES string of the molecule is C/C=C\c1cc(C)cc(N2CCN(C3CCN(c4ccc(C)c5c4NCC=C5)CC3)CC2)c1N. The van der Waals surface area contributed by atoms with Gasteiger partial charge in [-0.05, 0) is 68.5 Å². The molecular weight excluding hydrogens is 418 g/mol. The Morgan fingerprint density at radius 2 is 1.68 bits per heavy atom. The number of piperidine rings is 1. The van der Waals surface area contributed by atoms with Crippen LogP contribution in [0.2, 0.25) is 0 Å². The van der Waals surface area contributed by atoms with E-state index in [0.29, 0.717) is 6.04 Å². The van der Waals surface area contributed by atoms with Crippen molar-refractivity contribution >= 4 is 34.9 Å². The number of anilines is 4. The fourth-order valence-corrected chi connectivity index (χ4v) is 5.90. The zero-order valence-corrected chi connectivity index (χ0v) is 21.0. The van der Waals surface area contributed by atoms with E-state index in [-0.39, 0.29) is 0 Å². The highest BCUT2D eigenvalue weighted by molar-refractivity contribution is 5.84. The van der Waals surface area contributed by atoms with Crippen molar-refractivity contribution in [2.45, 2.75) is 39.7 Å². The summed E-state index contributed by atoms with van der Waals surface area (Å²) in [5.74, 6) is 0. The van der Waals surface area contributed by atoms with Gasteiger partial charge in [-0.2, -0.15) is 0 Å². The molecule has 3 N–H and O–H groups in total. The molecule has 0 unspecified atom stereocenters. The topological polar surface area (TPSA) is 47.8 Å². The molecule has 2 fully saturated rings. The first-order valence-electron chi connectivity index (χ1n) is 12.9. The van der Waals surface area contributed by atoms with E-state index in [4.69, 9.17) is 5.73 Å². The Labute approximate surface area is 204 Å². The summed E-state index contributed by atoms with van der Waals surface area (Å²) in [7, 11) is 0. The van der Waals surface area contributed by atoms with Gasteiger partial charge >= 0.3 is 0 Å². The monoisotopic (exact) mass is 457 g/mol. The molecule has 0 bridgehead atoms. The van der Waals surface area contributed by atoms with Crippen LogP contribution < -0.4 is 20.9 Å². The molecule has 3 heterocycles. The first kappa shape index (κ1) is 22.9. The Bertz CT molecular complexity index is 1090. The van der Waals surface area contributed by atoms with Crippen LogP contribution in [0.1, 0.15) is 42.0 Å². The molecule has 0 saturated carbocycles. The molecule has 2 aromatic carbocycles. The molecule has 5 heteroatoms. The lowest BCUT2D eigenvalue weighted by Gasteiger charge is -2.44. The highest BCUT2D eigenvalue weighted by Crippen LogP contribution is 2.37. The van der Waals surface area contributed by atoms with E-state index in [0.717, 1.165) is 57.1 Å². The second-order valence-corrected chi connectivity index (χ2v) is 10.0. The summed E-state index contributed by atoms with van der Waals surface area (Å²) < 4.78 is 0. The fourth-order valence-electron chi connectivity index (χ4n) is 5.90. The fraction of sp³-hybridized carbons (Fsp3) is 0.448. The molecule has 0 spiro atoms. The molecule has 0 aliphatic carbocycles. The summed E-state index contributed by atoms with van der Waals surface area (Å²) in [6, 6.07) is 9.70. The molecule has 5 rings (SSSR count). The van der Waals surface area contributed by atoms with Crippen molar-refractivity contribution in [2.75, 3.05) is 66.7 Å². The minimum absolute atomic E-state index is 0.681. The van der Waals surface area contributed by atoms with Gasteiger partial charge in [-0.25, -0.2) is 0 Å². The maximum Gasteiger partial charge on any atom is 0.0656 e. The first-order valence-corrected chi connectivity index (χ1v) is 12.9. The summed E-state index contributed by atoms with van der Waals surface area (Å²) in [6.45, 7) is 13.9. The molecule has 0 aromatic heterocycles. The largest absolute Gasteiger partial charge is 0.397 e. The van der Waals surface area contributed by atoms with Crippen LogP contribution in [0.3, 0.4) is 0 Å². The van der Waals surface area contributed by atoms with E-state index in [1.165, 1.54) is 46.6 Å². The molecule has 2 aromatic rings. The van der Waals surface area contributed by atoms with Gasteiger partial charge < -0.3 is 20.9 Å². The number of nitrogens with one attached hydrogen (secondary N) is 1. The number of benzene rings is 2. The summed E-state index contributed by atoms with van der Waals surface area (Å²) in [4.78, 5) is 7.80. The van der Waals surface area contributed by atoms with E-state index < -0.39 is 0 Å². The van der Waals surface area contributed by atoms with E-state index in [1.807, 2.05) is 6.92 Å². The number of hydrogen-bond acceptors (Lipinski definition) is 5. The van der Waals surface area contributed by atoms with Gasteiger partial charge in [0.25, 0.3) is 0 Å². The van der Waals surface area contributed by atoms with Gasteiger partial charge in [0.15, 0.2) is 0 Å². The highest BCUT2D eigenvalue weighted by atomic mass is 15.3. The number of nitrogens with zero attached hydrogens (tertiary/aromatic N) is 3. The second kappa shape index (κ2) is 9.75. The number of allylic oxidation sites excluding steroid dienone is 1. The van der Waals surface area contributed by atoms with Crippen molar-refractivity contribution in [2.24, 2.45) is 0 Å². The first-order chi connectivity index (χ1) is 16.5. The summed E-state index contributed by atoms with van der Waals surface area (Å²) >= 11 is 0. The van der Waals surface area contributed by atoms with E-state index in [2.05, 4.69) is 82.4 Å². The summed E-state index contributed by atoms with van der Waals surface area (Å²) in [6.07, 6.45) is 11.1. The Hall–Kier alpha value is -2.92. The lowest BCUT2D eigenvalue weighted by Crippen LogP contribution is -2.53. The van der Waals surface area contributed by atoms with Gasteiger partial charge in [0.1, 0.15) is 0 Å². The zero-order valence-electron chi connectivity index (χ0n) is 21.0. The third-order valence-corrected chi connectivity index (χ3v) is 7.78. The van der Waals surface area contributed by atoms with E-state index in [9.17, 15) is 0 Å². The normalized spacial score (nSPS) is 19.5. The van der Waals surface area contributed by atoms with Gasteiger partial charge in [-0.1, -0.05) is 30.4 Å². The average molecular weight is 458 g/mol. The minimum atomic E-state index is 0.681. The highest BCUT2D eigenvalue weighted by Gasteiger charge is 2.29. The molecule has 3 aliphatic heterocycles. The maximum absolute atomic E-state index is 6.55. The van der Waals surface area contributed by atoms with Crippen LogP contribution in [-0.4, -0.2) is 56.8 Å². The molecule has 180 valence electrons. The third kappa shape index (κ3) is 4.41. The van der Waals surface area contributed by atoms with Crippen LogP contribution in [-0.2, 0) is 0 Å². The predicted molar refractivity (Wildman–Crippen MR) is 148 cm³/mol. The zero-order chi connectivity index (χ0) is 23.7. The van der Waals surface area contributed by atoms with Gasteiger partial charge in [0.2, 0.25) is 0 Å². The van der Waals surface area contributed by atoms with Gasteiger partial charge in [0.05, 0.1) is 22.7 Å². The number of nitrogens with two attached hydrogens (primary N) is 1. The van der Waals surface area contributed by atoms with E-state index >= 15 is 0 Å². The van der Waals surface area contributed by atoms with Crippen molar-refractivity contribution < 1.29 is 0 Å². The molecule has 2 saturated heterocycles. The minimum Gasteiger partial charge on any atom is -0.397 e. The van der Waals surface area contributed by atoms with Gasteiger partial charge in [-0.3, -0.25) is 4.90 Å². The van der Waals surface area contributed by atoms with Crippen molar-refractivity contribution in [3.05, 3.63) is 58.7 Å². The summed E-state index contributed by atoms with van der Waals surface area (Å²) in [5, 5.41) is 3.63. The van der Waals surface area contributed by atoms with Crippen molar-refractivity contribution in [1.82, 2.24) is 4.90 Å². The van der Waals surface area contributed by atoms with Crippen LogP contribution in [0, 0.1) is 13.8 Å². The standard InChI is InChI=1S/C29H39N5/c1-4-6-23-19-21(2)20-27(28(23)30)34-17-15-32(16-18-34)24-10-13-33(14-11-24)26-9-8-22(3)25-7-5-12-31-29(25)26/h4-9,19-20,24,31H,10-18,30H2,1-3H3/b6-4-. The average Bonchev–Trinajstić information content (AvgIpc) is 2.87. The number of piperazine rings is 1. The summed E-state index contributed by atoms with van der Waals surface area (Å²) in [5.41, 5.74) is 16.5. The van der Waals surface area contributed by atoms with Gasteiger partial charge in [0, 0.05) is 57.4 Å². The molecular formula is C29H39N5. The van der Waals surface area contributed by atoms with Crippen LogP contribution >= 0.6 is 0 Å². The van der Waals surface area contributed by atoms with Crippen molar-refractivity contribution in [3.63, 3.8) is 0 Å². The van der Waals surface area contributed by atoms with Crippen LogP contribution in [0.4, 0.5) is 22.7 Å². The molecule has 34 heavy (non-hydrogen) atoms. The van der Waals surface area contributed by atoms with Gasteiger partial charge in [-0.15, -0.1) is 0 Å². The Kier molecular flexibility index (Phi) is 6.55. The molecule has 3 aliphatic rings.